The first-order chi connectivity index (χ1) is 6.79. The van der Waals surface area contributed by atoms with Crippen LogP contribution in [0.4, 0.5) is 26.3 Å². The SMILES string of the molecule is CC(=C([O-])OC(F)(F)F)S(=O)(=O)C(F)(F)F. The molecule has 0 spiro atoms. The second-order valence-corrected chi connectivity index (χ2v) is 4.42. The van der Waals surface area contributed by atoms with Gasteiger partial charge in [-0.15, -0.1) is 0 Å². The maximum absolute atomic E-state index is 11.8. The molecule has 16 heavy (non-hydrogen) atoms. The molecule has 0 saturated heterocycles. The molecule has 0 N–H and O–H groups in total. The van der Waals surface area contributed by atoms with Crippen LogP contribution in [0.2, 0.25) is 0 Å². The highest BCUT2D eigenvalue weighted by Gasteiger charge is 2.47. The van der Waals surface area contributed by atoms with Gasteiger partial charge in [-0.2, -0.15) is 26.3 Å². The summed E-state index contributed by atoms with van der Waals surface area (Å²) >= 11 is 0. The zero-order valence-electron chi connectivity index (χ0n) is 7.31. The fourth-order valence-corrected chi connectivity index (χ4v) is 1.07. The van der Waals surface area contributed by atoms with Crippen molar-refractivity contribution >= 4 is 9.84 Å². The van der Waals surface area contributed by atoms with Gasteiger partial charge in [-0.25, -0.2) is 8.42 Å². The van der Waals surface area contributed by atoms with Gasteiger partial charge in [-0.3, -0.25) is 0 Å². The minimum absolute atomic E-state index is 0.0664. The maximum atomic E-state index is 11.8. The lowest BCUT2D eigenvalue weighted by molar-refractivity contribution is -0.426. The monoisotopic (exact) mass is 273 g/mol. The predicted octanol–water partition coefficient (Wildman–Crippen LogP) is 1.01. The van der Waals surface area contributed by atoms with Gasteiger partial charge in [0.15, 0.2) is 0 Å². The van der Waals surface area contributed by atoms with E-state index in [2.05, 4.69) is 4.74 Å². The third-order valence-corrected chi connectivity index (χ3v) is 2.79. The largest absolute Gasteiger partial charge is 0.545 e. The van der Waals surface area contributed by atoms with E-state index in [-0.39, 0.29) is 6.92 Å². The Morgan fingerprint density at radius 3 is 1.75 bits per heavy atom. The Hall–Kier alpha value is -1.13. The van der Waals surface area contributed by atoms with Crippen LogP contribution in [0.3, 0.4) is 0 Å². The van der Waals surface area contributed by atoms with E-state index in [0.717, 1.165) is 0 Å². The van der Waals surface area contributed by atoms with E-state index in [9.17, 15) is 39.9 Å². The third kappa shape index (κ3) is 3.47. The summed E-state index contributed by atoms with van der Waals surface area (Å²) in [6.45, 7) is 0.0664. The van der Waals surface area contributed by atoms with Crippen LogP contribution in [0.15, 0.2) is 10.9 Å². The molecule has 0 radical (unpaired) electrons. The second-order valence-electron chi connectivity index (χ2n) is 2.34. The van der Waals surface area contributed by atoms with Gasteiger partial charge < -0.3 is 9.84 Å². The first-order valence-electron chi connectivity index (χ1n) is 3.24. The summed E-state index contributed by atoms with van der Waals surface area (Å²) in [4.78, 5) is -2.09. The average Bonchev–Trinajstić information content (AvgIpc) is 1.97. The molecule has 0 aromatic carbocycles. The molecule has 0 aliphatic carbocycles. The van der Waals surface area contributed by atoms with Gasteiger partial charge in [0.05, 0.1) is 10.9 Å². The fraction of sp³-hybridized carbons (Fsp3) is 0.600. The Kier molecular flexibility index (Phi) is 3.75. The zero-order chi connectivity index (χ0) is 13.4. The minimum Gasteiger partial charge on any atom is -0.545 e. The van der Waals surface area contributed by atoms with E-state index in [1.165, 1.54) is 0 Å². The molecule has 96 valence electrons. The number of alkyl halides is 6. The molecule has 0 aliphatic heterocycles. The van der Waals surface area contributed by atoms with Gasteiger partial charge in [0.2, 0.25) is 0 Å². The Bertz CT molecular complexity index is 388. The van der Waals surface area contributed by atoms with Crippen molar-refractivity contribution in [2.24, 2.45) is 0 Å². The molecule has 0 amide bonds. The quantitative estimate of drug-likeness (QED) is 0.556. The number of rotatable bonds is 2. The summed E-state index contributed by atoms with van der Waals surface area (Å²) in [5.74, 6) is -2.62. The van der Waals surface area contributed by atoms with Gasteiger partial charge in [0, 0.05) is 0 Å². The Morgan fingerprint density at radius 2 is 1.50 bits per heavy atom. The van der Waals surface area contributed by atoms with Crippen LogP contribution in [-0.2, 0) is 14.6 Å². The molecule has 0 bridgehead atoms. The number of halogens is 6. The topological polar surface area (TPSA) is 66.4 Å². The molecule has 0 rings (SSSR count). The van der Waals surface area contributed by atoms with Crippen molar-refractivity contribution in [2.45, 2.75) is 18.8 Å². The highest BCUT2D eigenvalue weighted by atomic mass is 32.2. The summed E-state index contributed by atoms with van der Waals surface area (Å²) in [6, 6.07) is 0. The van der Waals surface area contributed by atoms with Crippen LogP contribution in [-0.4, -0.2) is 20.3 Å². The highest BCUT2D eigenvalue weighted by molar-refractivity contribution is 7.96. The average molecular weight is 273 g/mol. The molecule has 0 fully saturated rings. The minimum atomic E-state index is -6.11. The lowest BCUT2D eigenvalue weighted by atomic mass is 10.7. The van der Waals surface area contributed by atoms with Crippen LogP contribution in [0, 0.1) is 0 Å². The van der Waals surface area contributed by atoms with E-state index in [0.29, 0.717) is 0 Å². The Balaban J connectivity index is 5.36. The summed E-state index contributed by atoms with van der Waals surface area (Å²) in [5, 5.41) is 10.4. The highest BCUT2D eigenvalue weighted by Crippen LogP contribution is 2.31. The van der Waals surface area contributed by atoms with Gasteiger partial charge in [0.1, 0.15) is 0 Å². The number of allylic oxidation sites excluding steroid dienone is 1. The van der Waals surface area contributed by atoms with E-state index < -0.39 is 32.6 Å². The van der Waals surface area contributed by atoms with Gasteiger partial charge in [-0.1, -0.05) is 0 Å². The maximum Gasteiger partial charge on any atom is 0.501 e. The molecule has 0 saturated carbocycles. The molecule has 4 nitrogen and oxygen atoms in total. The van der Waals surface area contributed by atoms with Crippen molar-refractivity contribution < 1.29 is 44.6 Å². The molecule has 0 heterocycles. The summed E-state index contributed by atoms with van der Waals surface area (Å²) < 4.78 is 93.0. The van der Waals surface area contributed by atoms with E-state index in [1.807, 2.05) is 0 Å². The first-order valence-corrected chi connectivity index (χ1v) is 4.72. The number of hydrogen-bond donors (Lipinski definition) is 0. The molecule has 0 atom stereocenters. The van der Waals surface area contributed by atoms with Crippen LogP contribution < -0.4 is 5.11 Å². The normalized spacial score (nSPS) is 15.7. The van der Waals surface area contributed by atoms with Crippen LogP contribution >= 0.6 is 0 Å². The molecule has 0 aromatic heterocycles. The molecular formula is C5H3F6O4S-. The Morgan fingerprint density at radius 1 is 1.12 bits per heavy atom. The van der Waals surface area contributed by atoms with Crippen molar-refractivity contribution in [3.63, 3.8) is 0 Å². The van der Waals surface area contributed by atoms with Crippen molar-refractivity contribution in [2.75, 3.05) is 0 Å². The van der Waals surface area contributed by atoms with Crippen LogP contribution in [0.5, 0.6) is 0 Å². The van der Waals surface area contributed by atoms with Crippen molar-refractivity contribution in [3.05, 3.63) is 10.9 Å². The number of sulfone groups is 1. The van der Waals surface area contributed by atoms with Gasteiger partial charge >= 0.3 is 11.9 Å². The van der Waals surface area contributed by atoms with Crippen molar-refractivity contribution in [3.8, 4) is 0 Å². The van der Waals surface area contributed by atoms with E-state index in [4.69, 9.17) is 0 Å². The van der Waals surface area contributed by atoms with Crippen molar-refractivity contribution in [1.82, 2.24) is 0 Å². The second kappa shape index (κ2) is 4.03. The number of hydrogen-bond acceptors (Lipinski definition) is 4. The summed E-state index contributed by atoms with van der Waals surface area (Å²) in [6.07, 6.45) is -5.56. The molecule has 0 aromatic rings. The fourth-order valence-electron chi connectivity index (χ4n) is 0.460. The summed E-state index contributed by atoms with van der Waals surface area (Å²) in [7, 11) is -6.11. The third-order valence-electron chi connectivity index (χ3n) is 1.20. The first kappa shape index (κ1) is 14.9. The zero-order valence-corrected chi connectivity index (χ0v) is 8.13. The lowest BCUT2D eigenvalue weighted by Gasteiger charge is -2.21. The lowest BCUT2D eigenvalue weighted by Crippen LogP contribution is -2.29. The number of ether oxygens (including phenoxy) is 1. The molecule has 0 aliphatic rings. The Labute approximate surface area is 85.0 Å². The van der Waals surface area contributed by atoms with E-state index >= 15 is 0 Å². The van der Waals surface area contributed by atoms with E-state index in [1.54, 1.807) is 0 Å². The van der Waals surface area contributed by atoms with Gasteiger partial charge in [-0.05, 0) is 6.92 Å². The van der Waals surface area contributed by atoms with Gasteiger partial charge in [0.25, 0.3) is 9.84 Å². The summed E-state index contributed by atoms with van der Waals surface area (Å²) in [5.41, 5.74) is -5.86. The molecule has 0 unspecified atom stereocenters. The smallest absolute Gasteiger partial charge is 0.501 e. The predicted molar refractivity (Wildman–Crippen MR) is 34.8 cm³/mol. The molecule has 11 heteroatoms. The van der Waals surface area contributed by atoms with Crippen molar-refractivity contribution in [1.29, 1.82) is 0 Å². The van der Waals surface area contributed by atoms with Crippen LogP contribution in [0.1, 0.15) is 6.92 Å². The molecular weight excluding hydrogens is 270 g/mol. The standard InChI is InChI=1S/C5H4F6O4S/c1-2(3(12)15-4(6,7)8)16(13,14)5(9,10)11/h12H,1H3/p-1. The van der Waals surface area contributed by atoms with Crippen LogP contribution in [0.25, 0.3) is 0 Å².